The van der Waals surface area contributed by atoms with Crippen molar-refractivity contribution in [3.63, 3.8) is 0 Å². The Morgan fingerprint density at radius 3 is 2.30 bits per heavy atom. The third kappa shape index (κ3) is 4.18. The highest BCUT2D eigenvalue weighted by atomic mass is 16.5. The van der Waals surface area contributed by atoms with Gasteiger partial charge in [-0.2, -0.15) is 0 Å². The SMILES string of the molecule is COc1cc(OC)cc(C(=O)N2CCC3(CCC(=O)N(CCO)C3)CC2)c1. The molecule has 2 amide bonds. The molecule has 0 unspecified atom stereocenters. The van der Waals surface area contributed by atoms with Crippen LogP contribution in [0.15, 0.2) is 18.2 Å². The monoisotopic (exact) mass is 376 g/mol. The minimum absolute atomic E-state index is 0.00982. The zero-order chi connectivity index (χ0) is 19.4. The number of carbonyl (C=O) groups is 2. The number of benzene rings is 1. The van der Waals surface area contributed by atoms with E-state index in [9.17, 15) is 14.7 Å². The van der Waals surface area contributed by atoms with Gasteiger partial charge in [-0.15, -0.1) is 0 Å². The van der Waals surface area contributed by atoms with Crippen LogP contribution < -0.4 is 9.47 Å². The number of likely N-dealkylation sites (tertiary alicyclic amines) is 2. The second-order valence-corrected chi connectivity index (χ2v) is 7.43. The van der Waals surface area contributed by atoms with Crippen molar-refractivity contribution in [1.82, 2.24) is 9.80 Å². The van der Waals surface area contributed by atoms with E-state index >= 15 is 0 Å². The van der Waals surface area contributed by atoms with Gasteiger partial charge in [0.15, 0.2) is 0 Å². The van der Waals surface area contributed by atoms with Crippen LogP contribution in [0, 0.1) is 5.41 Å². The van der Waals surface area contributed by atoms with Crippen LogP contribution in [-0.2, 0) is 4.79 Å². The van der Waals surface area contributed by atoms with Gasteiger partial charge >= 0.3 is 0 Å². The largest absolute Gasteiger partial charge is 0.497 e. The average molecular weight is 376 g/mol. The number of aliphatic hydroxyl groups excluding tert-OH is 1. The molecule has 2 saturated heterocycles. The van der Waals surface area contributed by atoms with Gasteiger partial charge in [0.2, 0.25) is 5.91 Å². The highest BCUT2D eigenvalue weighted by Crippen LogP contribution is 2.40. The van der Waals surface area contributed by atoms with Crippen molar-refractivity contribution in [3.05, 3.63) is 23.8 Å². The number of ether oxygens (including phenoxy) is 2. The molecule has 0 saturated carbocycles. The summed E-state index contributed by atoms with van der Waals surface area (Å²) in [6, 6.07) is 5.21. The molecule has 0 aliphatic carbocycles. The highest BCUT2D eigenvalue weighted by Gasteiger charge is 2.41. The number of hydrogen-bond acceptors (Lipinski definition) is 5. The summed E-state index contributed by atoms with van der Waals surface area (Å²) in [5, 5.41) is 9.18. The van der Waals surface area contributed by atoms with Crippen molar-refractivity contribution in [3.8, 4) is 11.5 Å². The fourth-order valence-electron chi connectivity index (χ4n) is 4.13. The summed E-state index contributed by atoms with van der Waals surface area (Å²) in [6.07, 6.45) is 3.13. The maximum absolute atomic E-state index is 12.9. The van der Waals surface area contributed by atoms with Crippen LogP contribution in [0.25, 0.3) is 0 Å². The molecule has 1 N–H and O–H groups in total. The molecule has 27 heavy (non-hydrogen) atoms. The first kappa shape index (κ1) is 19.5. The number of piperidine rings is 2. The number of rotatable bonds is 5. The second-order valence-electron chi connectivity index (χ2n) is 7.43. The molecule has 2 aliphatic heterocycles. The summed E-state index contributed by atoms with van der Waals surface area (Å²) in [7, 11) is 3.13. The third-order valence-electron chi connectivity index (χ3n) is 5.83. The van der Waals surface area contributed by atoms with E-state index in [4.69, 9.17) is 9.47 Å². The maximum atomic E-state index is 12.9. The van der Waals surface area contributed by atoms with E-state index in [0.29, 0.717) is 49.7 Å². The minimum atomic E-state index is -0.0267. The number of amides is 2. The van der Waals surface area contributed by atoms with Crippen molar-refractivity contribution >= 4 is 11.8 Å². The molecular weight excluding hydrogens is 348 g/mol. The van der Waals surface area contributed by atoms with Crippen molar-refractivity contribution in [2.75, 3.05) is 47.0 Å². The summed E-state index contributed by atoms with van der Waals surface area (Å²) in [5.41, 5.74) is 0.620. The summed E-state index contributed by atoms with van der Waals surface area (Å²) in [5.74, 6) is 1.28. The van der Waals surface area contributed by atoms with Crippen molar-refractivity contribution in [1.29, 1.82) is 0 Å². The predicted octanol–water partition coefficient (Wildman–Crippen LogP) is 1.54. The summed E-state index contributed by atoms with van der Waals surface area (Å²) in [4.78, 5) is 28.6. The third-order valence-corrected chi connectivity index (χ3v) is 5.83. The highest BCUT2D eigenvalue weighted by molar-refractivity contribution is 5.95. The number of methoxy groups -OCH3 is 2. The van der Waals surface area contributed by atoms with Gasteiger partial charge in [0.25, 0.3) is 5.91 Å². The van der Waals surface area contributed by atoms with E-state index in [0.717, 1.165) is 19.3 Å². The molecule has 0 aromatic heterocycles. The molecule has 1 aromatic carbocycles. The molecule has 2 aliphatic rings. The van der Waals surface area contributed by atoms with Gasteiger partial charge in [-0.25, -0.2) is 0 Å². The minimum Gasteiger partial charge on any atom is -0.497 e. The van der Waals surface area contributed by atoms with Crippen molar-refractivity contribution in [2.24, 2.45) is 5.41 Å². The van der Waals surface area contributed by atoms with E-state index in [2.05, 4.69) is 0 Å². The predicted molar refractivity (Wildman–Crippen MR) is 100 cm³/mol. The molecule has 7 nitrogen and oxygen atoms in total. The summed E-state index contributed by atoms with van der Waals surface area (Å²) >= 11 is 0. The van der Waals surface area contributed by atoms with Crippen molar-refractivity contribution in [2.45, 2.75) is 25.7 Å². The molecule has 2 heterocycles. The molecule has 0 radical (unpaired) electrons. The molecule has 0 atom stereocenters. The topological polar surface area (TPSA) is 79.3 Å². The lowest BCUT2D eigenvalue weighted by Gasteiger charge is -2.47. The van der Waals surface area contributed by atoms with Crippen LogP contribution in [0.5, 0.6) is 11.5 Å². The first-order chi connectivity index (χ1) is 13.0. The van der Waals surface area contributed by atoms with Gasteiger partial charge in [0.1, 0.15) is 11.5 Å². The Balaban J connectivity index is 1.67. The van der Waals surface area contributed by atoms with E-state index in [1.54, 1.807) is 37.3 Å². The summed E-state index contributed by atoms with van der Waals surface area (Å²) in [6.45, 7) is 2.40. The molecule has 1 aromatic rings. The zero-order valence-corrected chi connectivity index (χ0v) is 16.1. The fourth-order valence-corrected chi connectivity index (χ4v) is 4.13. The molecular formula is C20H28N2O5. The Morgan fingerprint density at radius 1 is 1.11 bits per heavy atom. The number of nitrogens with zero attached hydrogens (tertiary/aromatic N) is 2. The molecule has 1 spiro atoms. The average Bonchev–Trinajstić information content (AvgIpc) is 2.70. The van der Waals surface area contributed by atoms with Crippen LogP contribution in [0.4, 0.5) is 0 Å². The Hall–Kier alpha value is -2.28. The van der Waals surface area contributed by atoms with Crippen LogP contribution in [-0.4, -0.2) is 73.7 Å². The van der Waals surface area contributed by atoms with Gasteiger partial charge in [-0.3, -0.25) is 9.59 Å². The quantitative estimate of drug-likeness (QED) is 0.843. The van der Waals surface area contributed by atoms with Gasteiger partial charge in [-0.05, 0) is 36.8 Å². The van der Waals surface area contributed by atoms with Gasteiger partial charge in [-0.1, -0.05) is 0 Å². The van der Waals surface area contributed by atoms with Gasteiger partial charge in [0.05, 0.1) is 20.8 Å². The number of aliphatic hydroxyl groups is 1. The Morgan fingerprint density at radius 2 is 1.74 bits per heavy atom. The van der Waals surface area contributed by atoms with E-state index in [-0.39, 0.29) is 23.8 Å². The van der Waals surface area contributed by atoms with Crippen LogP contribution in [0.1, 0.15) is 36.0 Å². The van der Waals surface area contributed by atoms with Crippen LogP contribution >= 0.6 is 0 Å². The Kier molecular flexibility index (Phi) is 5.89. The number of hydrogen-bond donors (Lipinski definition) is 1. The summed E-state index contributed by atoms with van der Waals surface area (Å²) < 4.78 is 10.5. The molecule has 0 bridgehead atoms. The Bertz CT molecular complexity index is 675. The normalized spacial score (nSPS) is 19.3. The van der Waals surface area contributed by atoms with Gasteiger partial charge < -0.3 is 24.4 Å². The first-order valence-corrected chi connectivity index (χ1v) is 9.41. The fraction of sp³-hybridized carbons (Fsp3) is 0.600. The van der Waals surface area contributed by atoms with Crippen LogP contribution in [0.3, 0.4) is 0 Å². The lowest BCUT2D eigenvalue weighted by molar-refractivity contribution is -0.139. The number of carbonyl (C=O) groups excluding carboxylic acids is 2. The lowest BCUT2D eigenvalue weighted by atomic mass is 9.72. The molecule has 3 rings (SSSR count). The lowest BCUT2D eigenvalue weighted by Crippen LogP contribution is -2.52. The van der Waals surface area contributed by atoms with Crippen LogP contribution in [0.2, 0.25) is 0 Å². The van der Waals surface area contributed by atoms with E-state index in [1.807, 2.05) is 4.90 Å². The smallest absolute Gasteiger partial charge is 0.254 e. The molecule has 7 heteroatoms. The molecule has 148 valence electrons. The first-order valence-electron chi connectivity index (χ1n) is 9.41. The Labute approximate surface area is 159 Å². The van der Waals surface area contributed by atoms with E-state index < -0.39 is 0 Å². The van der Waals surface area contributed by atoms with E-state index in [1.165, 1.54) is 0 Å². The number of β-amino-alcohol motifs (C(OH)–C–C–N with tert-alkyl or cyclic N) is 1. The standard InChI is InChI=1S/C20H28N2O5/c1-26-16-11-15(12-17(13-16)27-2)19(25)21-7-5-20(6-8-21)4-3-18(24)22(14-20)9-10-23/h11-13,23H,3-10,14H2,1-2H3. The second kappa shape index (κ2) is 8.17. The molecule has 2 fully saturated rings. The zero-order valence-electron chi connectivity index (χ0n) is 16.1. The van der Waals surface area contributed by atoms with Crippen molar-refractivity contribution < 1.29 is 24.2 Å². The maximum Gasteiger partial charge on any atom is 0.254 e. The van der Waals surface area contributed by atoms with Gasteiger partial charge in [0, 0.05) is 44.2 Å².